The highest BCUT2D eigenvalue weighted by Gasteiger charge is 2.34. The molecule has 33 heavy (non-hydrogen) atoms. The second kappa shape index (κ2) is 13.6. The van der Waals surface area contributed by atoms with Crippen molar-refractivity contribution in [3.8, 4) is 0 Å². The Morgan fingerprint density at radius 2 is 1.21 bits per heavy atom. The summed E-state index contributed by atoms with van der Waals surface area (Å²) in [6.45, 7) is 1.03. The van der Waals surface area contributed by atoms with Crippen LogP contribution in [0, 0.1) is 0 Å². The number of hydrogen-bond donors (Lipinski definition) is 9. The lowest BCUT2D eigenvalue weighted by molar-refractivity contribution is -0.148. The Hall–Kier alpha value is -3.79. The zero-order valence-corrected chi connectivity index (χ0v) is 17.4. The first kappa shape index (κ1) is 29.2. The Morgan fingerprint density at radius 3 is 1.64 bits per heavy atom. The molecule has 0 aliphatic heterocycles. The Morgan fingerprint density at radius 1 is 0.727 bits per heavy atom. The Bertz CT molecular complexity index is 784. The summed E-state index contributed by atoms with van der Waals surface area (Å²) in [5.41, 5.74) is 5.50. The maximum atomic E-state index is 12.5. The summed E-state index contributed by atoms with van der Waals surface area (Å²) in [5.74, 6) is -9.64. The average Bonchev–Trinajstić information content (AvgIpc) is 2.67. The van der Waals surface area contributed by atoms with Crippen molar-refractivity contribution in [2.45, 2.75) is 62.9 Å². The fraction of sp³-hybridized carbons (Fsp3) is 0.588. The van der Waals surface area contributed by atoms with Crippen LogP contribution < -0.4 is 21.7 Å². The molecule has 0 saturated carbocycles. The number of carbonyl (C=O) groups excluding carboxylic acids is 3. The van der Waals surface area contributed by atoms with Gasteiger partial charge in [0.25, 0.3) is 0 Å². The van der Waals surface area contributed by atoms with Gasteiger partial charge < -0.3 is 47.2 Å². The molecule has 0 heterocycles. The summed E-state index contributed by atoms with van der Waals surface area (Å²) in [6, 6.07) is -6.93. The number of nitrogens with two attached hydrogens (primary N) is 1. The van der Waals surface area contributed by atoms with E-state index >= 15 is 0 Å². The molecule has 5 atom stereocenters. The van der Waals surface area contributed by atoms with Crippen LogP contribution in [0.1, 0.15) is 32.6 Å². The van der Waals surface area contributed by atoms with Gasteiger partial charge in [-0.25, -0.2) is 4.79 Å². The normalized spacial score (nSPS) is 15.1. The van der Waals surface area contributed by atoms with Crippen LogP contribution in [0.4, 0.5) is 0 Å². The molecule has 10 N–H and O–H groups in total. The van der Waals surface area contributed by atoms with E-state index in [0.29, 0.717) is 0 Å². The van der Waals surface area contributed by atoms with E-state index in [9.17, 15) is 38.7 Å². The van der Waals surface area contributed by atoms with Gasteiger partial charge in [0.15, 0.2) is 0 Å². The molecule has 0 aromatic carbocycles. The van der Waals surface area contributed by atoms with E-state index in [-0.39, 0.29) is 6.42 Å². The van der Waals surface area contributed by atoms with Crippen LogP contribution in [0.15, 0.2) is 0 Å². The quantitative estimate of drug-likeness (QED) is 0.109. The zero-order chi connectivity index (χ0) is 25.9. The van der Waals surface area contributed by atoms with Crippen LogP contribution >= 0.6 is 0 Å². The molecule has 0 aromatic heterocycles. The summed E-state index contributed by atoms with van der Waals surface area (Å²) in [6.07, 6.45) is -4.43. The van der Waals surface area contributed by atoms with Crippen molar-refractivity contribution in [3.05, 3.63) is 0 Å². The van der Waals surface area contributed by atoms with E-state index in [2.05, 4.69) is 0 Å². The van der Waals surface area contributed by atoms with Gasteiger partial charge in [-0.05, 0) is 13.3 Å². The van der Waals surface area contributed by atoms with E-state index in [1.807, 2.05) is 16.0 Å². The largest absolute Gasteiger partial charge is 0.481 e. The predicted molar refractivity (Wildman–Crippen MR) is 104 cm³/mol. The lowest BCUT2D eigenvalue weighted by Crippen LogP contribution is -2.60. The van der Waals surface area contributed by atoms with Crippen molar-refractivity contribution in [1.29, 1.82) is 0 Å². The van der Waals surface area contributed by atoms with Crippen LogP contribution in [0.5, 0.6) is 0 Å². The summed E-state index contributed by atoms with van der Waals surface area (Å²) >= 11 is 0. The first-order chi connectivity index (χ1) is 15.1. The summed E-state index contributed by atoms with van der Waals surface area (Å²) in [4.78, 5) is 80.4. The lowest BCUT2D eigenvalue weighted by atomic mass is 10.1. The molecule has 5 unspecified atom stereocenters. The number of amides is 3. The number of carboxylic acid groups (broad SMARTS) is 4. The van der Waals surface area contributed by atoms with Gasteiger partial charge in [-0.15, -0.1) is 0 Å². The molecule has 0 radical (unpaired) electrons. The fourth-order valence-electron chi connectivity index (χ4n) is 2.37. The van der Waals surface area contributed by atoms with Crippen molar-refractivity contribution in [1.82, 2.24) is 16.0 Å². The molecule has 0 fully saturated rings. The SMILES string of the molecule is CC(O)C(NC(=O)C(CC(=O)O)NC(=O)C(N)CCC(=O)O)C(=O)NC(CC(=O)O)C(=O)O. The molecule has 0 aliphatic carbocycles. The summed E-state index contributed by atoms with van der Waals surface area (Å²) in [5, 5.41) is 50.9. The van der Waals surface area contributed by atoms with Crippen molar-refractivity contribution < 1.29 is 59.1 Å². The van der Waals surface area contributed by atoms with Crippen LogP contribution in [0.25, 0.3) is 0 Å². The maximum Gasteiger partial charge on any atom is 0.326 e. The molecule has 0 aliphatic rings. The number of carbonyl (C=O) groups is 7. The van der Waals surface area contributed by atoms with Gasteiger partial charge in [-0.3, -0.25) is 28.8 Å². The number of aliphatic carboxylic acids is 4. The van der Waals surface area contributed by atoms with E-state index in [1.54, 1.807) is 0 Å². The highest BCUT2D eigenvalue weighted by molar-refractivity contribution is 5.96. The van der Waals surface area contributed by atoms with Gasteiger partial charge in [0.1, 0.15) is 18.1 Å². The van der Waals surface area contributed by atoms with E-state index in [0.717, 1.165) is 6.92 Å². The van der Waals surface area contributed by atoms with Gasteiger partial charge >= 0.3 is 23.9 Å². The molecule has 186 valence electrons. The van der Waals surface area contributed by atoms with Gasteiger partial charge in [-0.1, -0.05) is 0 Å². The average molecular weight is 478 g/mol. The molecular weight excluding hydrogens is 452 g/mol. The van der Waals surface area contributed by atoms with E-state index < -0.39 is 91.1 Å². The minimum absolute atomic E-state index is 0.318. The number of aliphatic hydroxyl groups excluding tert-OH is 1. The molecule has 0 saturated heterocycles. The molecule has 0 rings (SSSR count). The van der Waals surface area contributed by atoms with E-state index in [4.69, 9.17) is 26.2 Å². The maximum absolute atomic E-state index is 12.5. The number of hydrogen-bond acceptors (Lipinski definition) is 9. The molecular formula is C17H26N4O12. The number of carboxylic acids is 4. The first-order valence-corrected chi connectivity index (χ1v) is 9.38. The standard InChI is InChI=1S/C17H26N4O12/c1-6(22)13(16(31)20-9(17(32)33)5-12(27)28)21-15(30)8(4-11(25)26)19-14(29)7(18)2-3-10(23)24/h6-9,13,22H,2-5,18H2,1H3,(H,19,29)(H,20,31)(H,21,30)(H,23,24)(H,25,26)(H,27,28)(H,32,33). The molecule has 0 aromatic rings. The molecule has 16 heteroatoms. The minimum Gasteiger partial charge on any atom is -0.481 e. The first-order valence-electron chi connectivity index (χ1n) is 9.38. The second-order valence-electron chi connectivity index (χ2n) is 6.92. The third-order valence-electron chi connectivity index (χ3n) is 4.07. The third kappa shape index (κ3) is 11.4. The number of rotatable bonds is 15. The van der Waals surface area contributed by atoms with E-state index in [1.165, 1.54) is 0 Å². The van der Waals surface area contributed by atoms with Crippen molar-refractivity contribution >= 4 is 41.6 Å². The van der Waals surface area contributed by atoms with Crippen LogP contribution in [-0.2, 0) is 33.6 Å². The van der Waals surface area contributed by atoms with Crippen molar-refractivity contribution in [3.63, 3.8) is 0 Å². The Kier molecular flexibility index (Phi) is 12.0. The zero-order valence-electron chi connectivity index (χ0n) is 17.4. The molecule has 16 nitrogen and oxygen atoms in total. The second-order valence-corrected chi connectivity index (χ2v) is 6.92. The van der Waals surface area contributed by atoms with Gasteiger partial charge in [0.2, 0.25) is 17.7 Å². The van der Waals surface area contributed by atoms with Gasteiger partial charge in [0.05, 0.1) is 25.0 Å². The lowest BCUT2D eigenvalue weighted by Gasteiger charge is -2.25. The summed E-state index contributed by atoms with van der Waals surface area (Å²) in [7, 11) is 0. The highest BCUT2D eigenvalue weighted by atomic mass is 16.4. The smallest absolute Gasteiger partial charge is 0.326 e. The minimum atomic E-state index is -1.89. The molecule has 0 bridgehead atoms. The molecule has 3 amide bonds. The Balaban J connectivity index is 5.43. The monoisotopic (exact) mass is 478 g/mol. The fourth-order valence-corrected chi connectivity index (χ4v) is 2.37. The van der Waals surface area contributed by atoms with Crippen molar-refractivity contribution in [2.75, 3.05) is 0 Å². The number of aliphatic hydroxyl groups is 1. The predicted octanol–water partition coefficient (Wildman–Crippen LogP) is -3.95. The van der Waals surface area contributed by atoms with Crippen LogP contribution in [0.2, 0.25) is 0 Å². The highest BCUT2D eigenvalue weighted by Crippen LogP contribution is 2.03. The Labute approximate surface area is 186 Å². The molecule has 0 spiro atoms. The van der Waals surface area contributed by atoms with Crippen LogP contribution in [-0.4, -0.2) is 97.4 Å². The van der Waals surface area contributed by atoms with Gasteiger partial charge in [0, 0.05) is 6.42 Å². The number of nitrogens with one attached hydrogen (secondary N) is 3. The van der Waals surface area contributed by atoms with Gasteiger partial charge in [-0.2, -0.15) is 0 Å². The third-order valence-corrected chi connectivity index (χ3v) is 4.07. The summed E-state index contributed by atoms with van der Waals surface area (Å²) < 4.78 is 0. The van der Waals surface area contributed by atoms with Crippen molar-refractivity contribution in [2.24, 2.45) is 5.73 Å². The topological polar surface area (TPSA) is 283 Å². The van der Waals surface area contributed by atoms with Crippen LogP contribution in [0.3, 0.4) is 0 Å².